The predicted octanol–water partition coefficient (Wildman–Crippen LogP) is 2.89. The number of carboxylic acid groups (broad SMARTS) is 1. The molecule has 0 amide bonds. The molecule has 0 aliphatic rings. The predicted molar refractivity (Wildman–Crippen MR) is 63.1 cm³/mol. The van der Waals surface area contributed by atoms with Gasteiger partial charge in [0.15, 0.2) is 0 Å². The van der Waals surface area contributed by atoms with Gasteiger partial charge in [-0.3, -0.25) is 0 Å². The van der Waals surface area contributed by atoms with E-state index in [1.807, 2.05) is 6.07 Å². The lowest BCUT2D eigenvalue weighted by atomic mass is 10.1. The Balaban J connectivity index is 2.78. The number of thiol groups is 1. The molecule has 0 saturated carbocycles. The number of hydrogen-bond acceptors (Lipinski definition) is 3. The van der Waals surface area contributed by atoms with Crippen LogP contribution in [0, 0.1) is 0 Å². The Morgan fingerprint density at radius 3 is 2.93 bits per heavy atom. The third-order valence-electron chi connectivity index (χ3n) is 1.88. The van der Waals surface area contributed by atoms with Gasteiger partial charge in [-0.25, -0.2) is 4.79 Å². The van der Waals surface area contributed by atoms with E-state index >= 15 is 0 Å². The van der Waals surface area contributed by atoms with Crippen LogP contribution in [-0.2, 0) is 6.42 Å². The summed E-state index contributed by atoms with van der Waals surface area (Å²) in [4.78, 5) is 10.7. The highest BCUT2D eigenvalue weighted by molar-refractivity contribution is 8.68. The first-order valence-corrected chi connectivity index (χ1v) is 6.19. The summed E-state index contributed by atoms with van der Waals surface area (Å²) in [7, 11) is 1.48. The number of benzene rings is 1. The Kier molecular flexibility index (Phi) is 4.35. The van der Waals surface area contributed by atoms with Crippen LogP contribution in [0.25, 0.3) is 0 Å². The van der Waals surface area contributed by atoms with Gasteiger partial charge in [0, 0.05) is 5.25 Å². The molecule has 0 aliphatic carbocycles. The molecular formula is C10H12O2S2. The fourth-order valence-corrected chi connectivity index (χ4v) is 1.69. The number of hydrogen-bond donors (Lipinski definition) is 2. The number of carboxylic acids is 1. The molecule has 1 atom stereocenters. The van der Waals surface area contributed by atoms with Gasteiger partial charge in [0.1, 0.15) is 0 Å². The van der Waals surface area contributed by atoms with Gasteiger partial charge in [0.2, 0.25) is 0 Å². The van der Waals surface area contributed by atoms with Gasteiger partial charge in [-0.1, -0.05) is 29.9 Å². The van der Waals surface area contributed by atoms with Crippen molar-refractivity contribution in [3.05, 3.63) is 35.4 Å². The van der Waals surface area contributed by atoms with Crippen LogP contribution in [0.1, 0.15) is 22.8 Å². The summed E-state index contributed by atoms with van der Waals surface area (Å²) < 4.78 is 0. The van der Waals surface area contributed by atoms with Crippen molar-refractivity contribution < 1.29 is 9.90 Å². The summed E-state index contributed by atoms with van der Waals surface area (Å²) in [6, 6.07) is 7.02. The summed E-state index contributed by atoms with van der Waals surface area (Å²) in [5, 5.41) is 9.17. The highest BCUT2D eigenvalue weighted by Gasteiger charge is 2.06. The monoisotopic (exact) mass is 228 g/mol. The van der Waals surface area contributed by atoms with Crippen LogP contribution >= 0.6 is 22.5 Å². The fourth-order valence-electron chi connectivity index (χ4n) is 1.20. The van der Waals surface area contributed by atoms with E-state index in [0.29, 0.717) is 10.8 Å². The molecular weight excluding hydrogens is 216 g/mol. The van der Waals surface area contributed by atoms with Crippen molar-refractivity contribution >= 4 is 28.4 Å². The minimum Gasteiger partial charge on any atom is -0.478 e. The van der Waals surface area contributed by atoms with Crippen molar-refractivity contribution in [1.82, 2.24) is 0 Å². The van der Waals surface area contributed by atoms with Crippen LogP contribution in [0.2, 0.25) is 0 Å². The second-order valence-electron chi connectivity index (χ2n) is 3.13. The zero-order chi connectivity index (χ0) is 10.6. The minimum atomic E-state index is -0.877. The third kappa shape index (κ3) is 3.27. The molecule has 0 aliphatic heterocycles. The molecule has 1 unspecified atom stereocenters. The van der Waals surface area contributed by atoms with E-state index in [1.165, 1.54) is 10.8 Å². The van der Waals surface area contributed by atoms with Crippen molar-refractivity contribution in [1.29, 1.82) is 0 Å². The Morgan fingerprint density at radius 1 is 1.64 bits per heavy atom. The average Bonchev–Trinajstić information content (AvgIpc) is 2.18. The first kappa shape index (κ1) is 11.5. The normalized spacial score (nSPS) is 12.4. The lowest BCUT2D eigenvalue weighted by Crippen LogP contribution is -2.02. The summed E-state index contributed by atoms with van der Waals surface area (Å²) in [6.07, 6.45) is 0.843. The van der Waals surface area contributed by atoms with Gasteiger partial charge < -0.3 is 5.11 Å². The maximum atomic E-state index is 10.7. The fraction of sp³-hybridized carbons (Fsp3) is 0.300. The minimum absolute atomic E-state index is 0.346. The first-order chi connectivity index (χ1) is 6.63. The van der Waals surface area contributed by atoms with Crippen LogP contribution < -0.4 is 0 Å². The summed E-state index contributed by atoms with van der Waals surface area (Å²) in [6.45, 7) is 2.06. The zero-order valence-electron chi connectivity index (χ0n) is 7.80. The molecule has 2 nitrogen and oxygen atoms in total. The van der Waals surface area contributed by atoms with Gasteiger partial charge in [-0.05, 0) is 24.1 Å². The molecule has 0 radical (unpaired) electrons. The van der Waals surface area contributed by atoms with Crippen molar-refractivity contribution in [2.24, 2.45) is 0 Å². The van der Waals surface area contributed by atoms with Gasteiger partial charge in [-0.15, -0.1) is 11.7 Å². The molecule has 1 aromatic rings. The molecule has 1 aromatic carbocycles. The Hall–Kier alpha value is -0.610. The Bertz CT molecular complexity index is 326. The van der Waals surface area contributed by atoms with Crippen LogP contribution in [0.5, 0.6) is 0 Å². The van der Waals surface area contributed by atoms with E-state index in [1.54, 1.807) is 18.2 Å². The topological polar surface area (TPSA) is 37.3 Å². The van der Waals surface area contributed by atoms with Gasteiger partial charge >= 0.3 is 5.97 Å². The van der Waals surface area contributed by atoms with Crippen LogP contribution in [0.4, 0.5) is 0 Å². The largest absolute Gasteiger partial charge is 0.478 e. The molecule has 0 fully saturated rings. The molecule has 1 rings (SSSR count). The molecule has 76 valence electrons. The van der Waals surface area contributed by atoms with Crippen molar-refractivity contribution in [2.75, 3.05) is 0 Å². The van der Waals surface area contributed by atoms with Crippen molar-refractivity contribution in [3.63, 3.8) is 0 Å². The third-order valence-corrected chi connectivity index (χ3v) is 3.48. The van der Waals surface area contributed by atoms with Gasteiger partial charge in [0.05, 0.1) is 5.56 Å². The molecule has 14 heavy (non-hydrogen) atoms. The van der Waals surface area contributed by atoms with E-state index in [9.17, 15) is 4.79 Å². The second kappa shape index (κ2) is 5.32. The Morgan fingerprint density at radius 2 is 2.36 bits per heavy atom. The number of rotatable bonds is 4. The number of aromatic carboxylic acids is 1. The Labute approximate surface area is 92.5 Å². The van der Waals surface area contributed by atoms with Crippen molar-refractivity contribution in [3.8, 4) is 0 Å². The molecule has 0 heterocycles. The smallest absolute Gasteiger partial charge is 0.335 e. The van der Waals surface area contributed by atoms with E-state index < -0.39 is 5.97 Å². The van der Waals surface area contributed by atoms with E-state index in [4.69, 9.17) is 5.11 Å². The summed E-state index contributed by atoms with van der Waals surface area (Å²) in [5.41, 5.74) is 1.39. The average molecular weight is 228 g/mol. The van der Waals surface area contributed by atoms with Crippen LogP contribution in [0.3, 0.4) is 0 Å². The highest BCUT2D eigenvalue weighted by Crippen LogP contribution is 2.19. The van der Waals surface area contributed by atoms with Crippen LogP contribution in [-0.4, -0.2) is 16.3 Å². The van der Waals surface area contributed by atoms with E-state index in [0.717, 1.165) is 12.0 Å². The second-order valence-corrected chi connectivity index (χ2v) is 4.77. The van der Waals surface area contributed by atoms with E-state index in [2.05, 4.69) is 18.6 Å². The van der Waals surface area contributed by atoms with E-state index in [-0.39, 0.29) is 0 Å². The lowest BCUT2D eigenvalue weighted by molar-refractivity contribution is 0.0697. The molecule has 1 N–H and O–H groups in total. The first-order valence-electron chi connectivity index (χ1n) is 4.26. The molecule has 0 saturated heterocycles. The maximum absolute atomic E-state index is 10.7. The summed E-state index contributed by atoms with van der Waals surface area (Å²) in [5.74, 6) is -0.877. The highest BCUT2D eigenvalue weighted by atomic mass is 33.1. The molecule has 0 bridgehead atoms. The molecule has 0 spiro atoms. The van der Waals surface area contributed by atoms with Crippen molar-refractivity contribution in [2.45, 2.75) is 18.6 Å². The van der Waals surface area contributed by atoms with Crippen LogP contribution in [0.15, 0.2) is 24.3 Å². The quantitative estimate of drug-likeness (QED) is 0.614. The maximum Gasteiger partial charge on any atom is 0.335 e. The molecule has 0 aromatic heterocycles. The summed E-state index contributed by atoms with van der Waals surface area (Å²) >= 11 is 4.11. The van der Waals surface area contributed by atoms with Gasteiger partial charge in [-0.2, -0.15) is 0 Å². The van der Waals surface area contributed by atoms with Gasteiger partial charge in [0.25, 0.3) is 0 Å². The number of carbonyl (C=O) groups is 1. The zero-order valence-corrected chi connectivity index (χ0v) is 9.52. The SMILES string of the molecule is CC(Cc1cccc(C(=O)O)c1)SS. The standard InChI is InChI=1S/C10H12O2S2/c1-7(14-13)5-8-3-2-4-9(6-8)10(11)12/h2-4,6-7,13H,5H2,1H3,(H,11,12). The lowest BCUT2D eigenvalue weighted by Gasteiger charge is -2.07. The molecule has 4 heteroatoms.